The van der Waals surface area contributed by atoms with E-state index < -0.39 is 11.6 Å². The van der Waals surface area contributed by atoms with E-state index in [0.29, 0.717) is 28.7 Å². The number of benzene rings is 2. The van der Waals surface area contributed by atoms with Crippen LogP contribution in [-0.4, -0.2) is 37.5 Å². The van der Waals surface area contributed by atoms with E-state index >= 15 is 0 Å². The Balaban J connectivity index is 1.52. The van der Waals surface area contributed by atoms with Crippen LogP contribution >= 0.6 is 39.1 Å². The van der Waals surface area contributed by atoms with Crippen LogP contribution in [0.25, 0.3) is 0 Å². The van der Waals surface area contributed by atoms with Crippen molar-refractivity contribution in [2.24, 2.45) is 11.8 Å². The largest absolute Gasteiger partial charge is 0.400 e. The van der Waals surface area contributed by atoms with Crippen molar-refractivity contribution in [1.29, 1.82) is 0 Å². The van der Waals surface area contributed by atoms with Crippen molar-refractivity contribution in [1.82, 2.24) is 5.32 Å². The highest BCUT2D eigenvalue weighted by molar-refractivity contribution is 9.10. The Bertz CT molecular complexity index is 1120. The van der Waals surface area contributed by atoms with E-state index in [0.717, 1.165) is 0 Å². The topological polar surface area (TPSA) is 49.4 Å². The third kappa shape index (κ3) is 4.69. The fourth-order valence-electron chi connectivity index (χ4n) is 4.67. The maximum Gasteiger partial charge on any atom is 0.400 e. The third-order valence-corrected chi connectivity index (χ3v) is 8.09. The van der Waals surface area contributed by atoms with Crippen LogP contribution < -0.4 is 10.2 Å². The van der Waals surface area contributed by atoms with E-state index in [1.54, 1.807) is 23.1 Å². The summed E-state index contributed by atoms with van der Waals surface area (Å²) in [6.07, 6.45) is -4.19. The van der Waals surface area contributed by atoms with Crippen molar-refractivity contribution in [3.63, 3.8) is 0 Å². The number of alkyl halides is 3. The second kappa shape index (κ2) is 9.36. The van der Waals surface area contributed by atoms with Crippen LogP contribution in [0.1, 0.15) is 35.7 Å². The molecular weight excluding hydrogens is 556 g/mol. The van der Waals surface area contributed by atoms with Crippen LogP contribution in [0.4, 0.5) is 18.9 Å². The van der Waals surface area contributed by atoms with Crippen LogP contribution in [0.5, 0.6) is 0 Å². The van der Waals surface area contributed by atoms with Crippen molar-refractivity contribution < 1.29 is 22.8 Å². The van der Waals surface area contributed by atoms with Gasteiger partial charge in [-0.2, -0.15) is 13.2 Å². The second-order valence-corrected chi connectivity index (χ2v) is 10.7. The Morgan fingerprint density at radius 3 is 2.44 bits per heavy atom. The molecule has 1 saturated carbocycles. The molecule has 3 unspecified atom stereocenters. The van der Waals surface area contributed by atoms with Crippen molar-refractivity contribution in [2.45, 2.75) is 31.4 Å². The molecule has 4 rings (SSSR count). The lowest BCUT2D eigenvalue weighted by Gasteiger charge is -2.33. The number of carbonyl (C=O) groups excluding carboxylic acids is 2. The van der Waals surface area contributed by atoms with Gasteiger partial charge in [-0.3, -0.25) is 9.59 Å². The number of anilines is 1. The van der Waals surface area contributed by atoms with Crippen LogP contribution in [0.15, 0.2) is 40.9 Å². The van der Waals surface area contributed by atoms with E-state index in [2.05, 4.69) is 21.2 Å². The minimum absolute atomic E-state index is 0.0405. The molecule has 10 heteroatoms. The summed E-state index contributed by atoms with van der Waals surface area (Å²) in [7, 11) is 0. The molecule has 34 heavy (non-hydrogen) atoms. The summed E-state index contributed by atoms with van der Waals surface area (Å²) in [6.45, 7) is 2.14. The van der Waals surface area contributed by atoms with Gasteiger partial charge in [-0.15, -0.1) is 0 Å². The van der Waals surface area contributed by atoms with Gasteiger partial charge in [0.1, 0.15) is 11.2 Å². The zero-order valence-electron chi connectivity index (χ0n) is 18.2. The summed E-state index contributed by atoms with van der Waals surface area (Å²) < 4.78 is 43.5. The van der Waals surface area contributed by atoms with Gasteiger partial charge in [0.25, 0.3) is 5.91 Å². The maximum atomic E-state index is 14.3. The van der Waals surface area contributed by atoms with Crippen molar-refractivity contribution in [3.05, 3.63) is 62.0 Å². The van der Waals surface area contributed by atoms with E-state index in [4.69, 9.17) is 23.2 Å². The van der Waals surface area contributed by atoms with Crippen molar-refractivity contribution in [3.8, 4) is 0 Å². The molecular formula is C24H22BrCl2F3N2O2. The fraction of sp³-hybridized carbons (Fsp3) is 0.417. The normalized spacial score (nSPS) is 24.8. The van der Waals surface area contributed by atoms with Crippen molar-refractivity contribution in [2.75, 3.05) is 24.5 Å². The number of Topliss-reactive ketones (excluding diaryl/α,β-unsaturated/α-hetero) is 1. The number of nitrogens with one attached hydrogen (secondary N) is 1. The number of rotatable bonds is 5. The molecule has 3 atom stereocenters. The molecule has 1 N–H and O–H groups in total. The number of hydrogen-bond donors (Lipinski definition) is 1. The van der Waals surface area contributed by atoms with Gasteiger partial charge in [-0.05, 0) is 70.2 Å². The molecule has 0 aromatic heterocycles. The van der Waals surface area contributed by atoms with Gasteiger partial charge < -0.3 is 10.2 Å². The number of amides is 1. The predicted molar refractivity (Wildman–Crippen MR) is 130 cm³/mol. The lowest BCUT2D eigenvalue weighted by Crippen LogP contribution is -2.45. The first-order chi connectivity index (χ1) is 15.9. The Morgan fingerprint density at radius 2 is 1.88 bits per heavy atom. The molecule has 182 valence electrons. The molecule has 2 aromatic carbocycles. The standard InChI is InChI=1S/C24H22BrCl2F3N2O2/c1-13-14(6-21(13)33)11-31-22(34)19-3-2-18(10-20(19)25)32-5-4-23(12-32,24(28,29)30)15-7-16(26)9-17(27)8-15/h2-3,7-10,13-14H,4-6,11-12H2,1H3,(H,31,34). The predicted octanol–water partition coefficient (Wildman–Crippen LogP) is 6.42. The number of hydrogen-bond acceptors (Lipinski definition) is 3. The van der Waals surface area contributed by atoms with Gasteiger partial charge >= 0.3 is 6.18 Å². The highest BCUT2D eigenvalue weighted by Gasteiger charge is 2.59. The summed E-state index contributed by atoms with van der Waals surface area (Å²) in [6, 6.07) is 8.95. The number of halogens is 6. The Kier molecular flexibility index (Phi) is 6.97. The molecule has 0 radical (unpaired) electrons. The molecule has 4 nitrogen and oxygen atoms in total. The monoisotopic (exact) mass is 576 g/mol. The van der Waals surface area contributed by atoms with Crippen molar-refractivity contribution >= 4 is 56.5 Å². The molecule has 2 aliphatic rings. The molecule has 1 heterocycles. The number of carbonyl (C=O) groups is 2. The molecule has 1 aliphatic heterocycles. The third-order valence-electron chi connectivity index (χ3n) is 6.99. The van der Waals surface area contributed by atoms with Gasteiger partial charge in [0.2, 0.25) is 0 Å². The quantitative estimate of drug-likeness (QED) is 0.446. The zero-order chi connectivity index (χ0) is 24.8. The summed E-state index contributed by atoms with van der Waals surface area (Å²) in [5.74, 6) is -0.0193. The Morgan fingerprint density at radius 1 is 1.21 bits per heavy atom. The molecule has 0 bridgehead atoms. The van der Waals surface area contributed by atoms with E-state index in [1.807, 2.05) is 6.92 Å². The minimum atomic E-state index is -4.51. The van der Waals surface area contributed by atoms with E-state index in [9.17, 15) is 22.8 Å². The fourth-order valence-corrected chi connectivity index (χ4v) is 5.74. The first-order valence-electron chi connectivity index (χ1n) is 10.8. The van der Waals surface area contributed by atoms with E-state index in [-0.39, 0.29) is 58.6 Å². The molecule has 1 saturated heterocycles. The van der Waals surface area contributed by atoms with Crippen LogP contribution in [0.2, 0.25) is 10.0 Å². The zero-order valence-corrected chi connectivity index (χ0v) is 21.3. The van der Waals surface area contributed by atoms with Gasteiger partial charge in [0.05, 0.1) is 5.56 Å². The minimum Gasteiger partial charge on any atom is -0.370 e. The average Bonchev–Trinajstić information content (AvgIpc) is 3.22. The van der Waals surface area contributed by atoms with Gasteiger partial charge in [0.15, 0.2) is 0 Å². The molecule has 0 spiro atoms. The molecule has 1 aliphatic carbocycles. The van der Waals surface area contributed by atoms with Crippen LogP contribution in [-0.2, 0) is 10.2 Å². The van der Waals surface area contributed by atoms with Gasteiger partial charge in [-0.1, -0.05) is 30.1 Å². The van der Waals surface area contributed by atoms with Crippen LogP contribution in [0.3, 0.4) is 0 Å². The van der Waals surface area contributed by atoms with Crippen LogP contribution in [0, 0.1) is 11.8 Å². The summed E-state index contributed by atoms with van der Waals surface area (Å²) in [4.78, 5) is 25.6. The average molecular weight is 578 g/mol. The molecule has 2 fully saturated rings. The number of ketones is 1. The highest BCUT2D eigenvalue weighted by Crippen LogP contribution is 2.49. The molecule has 1 amide bonds. The summed E-state index contributed by atoms with van der Waals surface area (Å²) >= 11 is 15.4. The first kappa shape index (κ1) is 25.3. The second-order valence-electron chi connectivity index (χ2n) is 9.00. The smallest absolute Gasteiger partial charge is 0.370 e. The SMILES string of the molecule is CC1C(=O)CC1CNC(=O)c1ccc(N2CCC(c3cc(Cl)cc(Cl)c3)(C(F)(F)F)C2)cc1Br. The first-order valence-corrected chi connectivity index (χ1v) is 12.3. The highest BCUT2D eigenvalue weighted by atomic mass is 79.9. The van der Waals surface area contributed by atoms with Gasteiger partial charge in [-0.25, -0.2) is 0 Å². The Hall–Kier alpha value is -1.77. The Labute approximate surface area is 213 Å². The molecule has 2 aromatic rings. The summed E-state index contributed by atoms with van der Waals surface area (Å²) in [5.41, 5.74) is -1.12. The van der Waals surface area contributed by atoms with E-state index in [1.165, 1.54) is 18.2 Å². The summed E-state index contributed by atoms with van der Waals surface area (Å²) in [5, 5.41) is 3.15. The maximum absolute atomic E-state index is 14.3. The van der Waals surface area contributed by atoms with Gasteiger partial charge in [0, 0.05) is 52.2 Å². The lowest BCUT2D eigenvalue weighted by atomic mass is 9.73. The lowest BCUT2D eigenvalue weighted by molar-refractivity contribution is -0.184. The number of nitrogens with zero attached hydrogens (tertiary/aromatic N) is 1.